The Morgan fingerprint density at radius 2 is 2.17 bits per heavy atom. The SMILES string of the molecule is CCCCCC/C=C1/C(=O)CCC1CC(=O)OC. The first kappa shape index (κ1) is 14.9. The van der Waals surface area contributed by atoms with Crippen LogP contribution in [0.5, 0.6) is 0 Å². The molecule has 0 heterocycles. The zero-order valence-electron chi connectivity index (χ0n) is 11.5. The van der Waals surface area contributed by atoms with Crippen molar-refractivity contribution in [3.63, 3.8) is 0 Å². The predicted octanol–water partition coefficient (Wildman–Crippen LogP) is 3.43. The van der Waals surface area contributed by atoms with Gasteiger partial charge in [0.25, 0.3) is 0 Å². The molecule has 0 amide bonds. The van der Waals surface area contributed by atoms with Crippen LogP contribution < -0.4 is 0 Å². The van der Waals surface area contributed by atoms with Crippen molar-refractivity contribution >= 4 is 11.8 Å². The maximum absolute atomic E-state index is 11.8. The first-order valence-electron chi connectivity index (χ1n) is 6.99. The number of allylic oxidation sites excluding steroid dienone is 2. The summed E-state index contributed by atoms with van der Waals surface area (Å²) in [6, 6.07) is 0. The molecule has 0 aromatic heterocycles. The first-order valence-corrected chi connectivity index (χ1v) is 6.99. The third kappa shape index (κ3) is 4.63. The molecule has 0 aromatic carbocycles. The number of hydrogen-bond donors (Lipinski definition) is 0. The van der Waals surface area contributed by atoms with E-state index in [9.17, 15) is 9.59 Å². The smallest absolute Gasteiger partial charge is 0.306 e. The van der Waals surface area contributed by atoms with Gasteiger partial charge < -0.3 is 4.74 Å². The fourth-order valence-corrected chi connectivity index (χ4v) is 2.44. The number of ether oxygens (including phenoxy) is 1. The molecule has 1 atom stereocenters. The number of carbonyl (C=O) groups excluding carboxylic acids is 2. The summed E-state index contributed by atoms with van der Waals surface area (Å²) in [7, 11) is 1.40. The number of ketones is 1. The van der Waals surface area contributed by atoms with Crippen LogP contribution in [0.3, 0.4) is 0 Å². The molecule has 0 aliphatic heterocycles. The number of Topliss-reactive ketones (excluding diaryl/α,β-unsaturated/α-hetero) is 1. The Balaban J connectivity index is 2.45. The van der Waals surface area contributed by atoms with E-state index in [1.165, 1.54) is 26.4 Å². The van der Waals surface area contributed by atoms with E-state index in [1.807, 2.05) is 0 Å². The van der Waals surface area contributed by atoms with E-state index in [0.717, 1.165) is 24.8 Å². The molecule has 0 radical (unpaired) electrons. The first-order chi connectivity index (χ1) is 8.69. The molecule has 18 heavy (non-hydrogen) atoms. The van der Waals surface area contributed by atoms with E-state index < -0.39 is 0 Å². The molecule has 102 valence electrons. The van der Waals surface area contributed by atoms with E-state index in [0.29, 0.717) is 12.8 Å². The minimum absolute atomic E-state index is 0.0936. The second-order valence-corrected chi connectivity index (χ2v) is 4.95. The molecule has 0 saturated heterocycles. The van der Waals surface area contributed by atoms with E-state index in [4.69, 9.17) is 0 Å². The highest BCUT2D eigenvalue weighted by Gasteiger charge is 2.29. The maximum Gasteiger partial charge on any atom is 0.306 e. The van der Waals surface area contributed by atoms with Gasteiger partial charge in [0.2, 0.25) is 0 Å². The van der Waals surface area contributed by atoms with Gasteiger partial charge in [-0.3, -0.25) is 9.59 Å². The summed E-state index contributed by atoms with van der Waals surface area (Å²) in [6.07, 6.45) is 9.58. The molecular weight excluding hydrogens is 228 g/mol. The second-order valence-electron chi connectivity index (χ2n) is 4.95. The fourth-order valence-electron chi connectivity index (χ4n) is 2.44. The lowest BCUT2D eigenvalue weighted by molar-refractivity contribution is -0.141. The van der Waals surface area contributed by atoms with Crippen LogP contribution in [0.2, 0.25) is 0 Å². The van der Waals surface area contributed by atoms with Gasteiger partial charge in [-0.1, -0.05) is 32.3 Å². The Kier molecular flexibility index (Phi) is 6.69. The number of esters is 1. The summed E-state index contributed by atoms with van der Waals surface area (Å²) >= 11 is 0. The van der Waals surface area contributed by atoms with Crippen molar-refractivity contribution in [3.8, 4) is 0 Å². The third-order valence-corrected chi connectivity index (χ3v) is 3.54. The molecule has 0 bridgehead atoms. The van der Waals surface area contributed by atoms with Crippen molar-refractivity contribution in [2.24, 2.45) is 5.92 Å². The summed E-state index contributed by atoms with van der Waals surface area (Å²) in [5, 5.41) is 0. The molecule has 1 aliphatic carbocycles. The van der Waals surface area contributed by atoms with Crippen molar-refractivity contribution < 1.29 is 14.3 Å². The number of rotatable bonds is 7. The predicted molar refractivity (Wildman–Crippen MR) is 71.2 cm³/mol. The van der Waals surface area contributed by atoms with Crippen LogP contribution in [0, 0.1) is 5.92 Å². The molecule has 3 nitrogen and oxygen atoms in total. The molecule has 1 saturated carbocycles. The van der Waals surface area contributed by atoms with Crippen molar-refractivity contribution in [2.45, 2.75) is 58.3 Å². The van der Waals surface area contributed by atoms with Gasteiger partial charge in [0.1, 0.15) is 0 Å². The lowest BCUT2D eigenvalue weighted by atomic mass is 9.97. The van der Waals surface area contributed by atoms with Crippen molar-refractivity contribution in [1.82, 2.24) is 0 Å². The van der Waals surface area contributed by atoms with Crippen LogP contribution >= 0.6 is 0 Å². The van der Waals surface area contributed by atoms with Gasteiger partial charge in [-0.25, -0.2) is 0 Å². The minimum Gasteiger partial charge on any atom is -0.469 e. The highest BCUT2D eigenvalue weighted by molar-refractivity contribution is 5.98. The molecular formula is C15H24O3. The third-order valence-electron chi connectivity index (χ3n) is 3.54. The molecule has 0 N–H and O–H groups in total. The summed E-state index contributed by atoms with van der Waals surface area (Å²) in [5.74, 6) is 0.0992. The zero-order valence-corrected chi connectivity index (χ0v) is 11.5. The molecule has 1 aliphatic rings. The highest BCUT2D eigenvalue weighted by atomic mass is 16.5. The van der Waals surface area contributed by atoms with Gasteiger partial charge in [0, 0.05) is 6.42 Å². The molecule has 1 fully saturated rings. The topological polar surface area (TPSA) is 43.4 Å². The van der Waals surface area contributed by atoms with Gasteiger partial charge in [0.05, 0.1) is 13.5 Å². The summed E-state index contributed by atoms with van der Waals surface area (Å²) in [4.78, 5) is 23.0. The average molecular weight is 252 g/mol. The number of carbonyl (C=O) groups is 2. The maximum atomic E-state index is 11.8. The van der Waals surface area contributed by atoms with Crippen LogP contribution in [0.25, 0.3) is 0 Å². The van der Waals surface area contributed by atoms with E-state index in [-0.39, 0.29) is 17.7 Å². The standard InChI is InChI=1S/C15H24O3/c1-3-4-5-6-7-8-13-12(9-10-14(13)16)11-15(17)18-2/h8,12H,3-7,9-11H2,1-2H3/b13-8+. The Hall–Kier alpha value is -1.12. The van der Waals surface area contributed by atoms with E-state index in [2.05, 4.69) is 17.7 Å². The Morgan fingerprint density at radius 1 is 1.39 bits per heavy atom. The Morgan fingerprint density at radius 3 is 2.83 bits per heavy atom. The van der Waals surface area contributed by atoms with Gasteiger partial charge in [0.15, 0.2) is 5.78 Å². The van der Waals surface area contributed by atoms with Crippen LogP contribution in [0.4, 0.5) is 0 Å². The van der Waals surface area contributed by atoms with Crippen molar-refractivity contribution in [1.29, 1.82) is 0 Å². The number of unbranched alkanes of at least 4 members (excludes halogenated alkanes) is 4. The fraction of sp³-hybridized carbons (Fsp3) is 0.733. The van der Waals surface area contributed by atoms with Crippen LogP contribution in [0.15, 0.2) is 11.6 Å². The Bertz CT molecular complexity index is 318. The van der Waals surface area contributed by atoms with Gasteiger partial charge in [-0.05, 0) is 30.8 Å². The monoisotopic (exact) mass is 252 g/mol. The van der Waals surface area contributed by atoms with Gasteiger partial charge in [-0.2, -0.15) is 0 Å². The number of hydrogen-bond acceptors (Lipinski definition) is 3. The zero-order chi connectivity index (χ0) is 13.4. The summed E-state index contributed by atoms with van der Waals surface area (Å²) < 4.78 is 4.68. The van der Waals surface area contributed by atoms with Gasteiger partial charge >= 0.3 is 5.97 Å². The second kappa shape index (κ2) is 8.06. The van der Waals surface area contributed by atoms with E-state index in [1.54, 1.807) is 0 Å². The lowest BCUT2D eigenvalue weighted by Gasteiger charge is -2.09. The molecule has 0 spiro atoms. The summed E-state index contributed by atoms with van der Waals surface area (Å²) in [6.45, 7) is 2.19. The largest absolute Gasteiger partial charge is 0.469 e. The summed E-state index contributed by atoms with van der Waals surface area (Å²) in [5.41, 5.74) is 0.872. The number of methoxy groups -OCH3 is 1. The molecule has 0 aromatic rings. The molecule has 1 rings (SSSR count). The molecule has 1 unspecified atom stereocenters. The van der Waals surface area contributed by atoms with E-state index >= 15 is 0 Å². The normalized spacial score (nSPS) is 21.6. The lowest BCUT2D eigenvalue weighted by Crippen LogP contribution is -2.10. The Labute approximate surface area is 110 Å². The minimum atomic E-state index is -0.216. The van der Waals surface area contributed by atoms with Crippen LogP contribution in [-0.2, 0) is 14.3 Å². The highest BCUT2D eigenvalue weighted by Crippen LogP contribution is 2.31. The van der Waals surface area contributed by atoms with Crippen molar-refractivity contribution in [2.75, 3.05) is 7.11 Å². The van der Waals surface area contributed by atoms with Crippen LogP contribution in [-0.4, -0.2) is 18.9 Å². The van der Waals surface area contributed by atoms with Gasteiger partial charge in [-0.15, -0.1) is 0 Å². The van der Waals surface area contributed by atoms with Crippen LogP contribution in [0.1, 0.15) is 58.3 Å². The van der Waals surface area contributed by atoms with Crippen molar-refractivity contribution in [3.05, 3.63) is 11.6 Å². The molecule has 3 heteroatoms. The quantitative estimate of drug-likeness (QED) is 0.396. The average Bonchev–Trinajstić information content (AvgIpc) is 2.70.